The fraction of sp³-hybridized carbons (Fsp3) is 0.333. The van der Waals surface area contributed by atoms with E-state index in [0.717, 1.165) is 36.0 Å². The molecule has 0 amide bonds. The summed E-state index contributed by atoms with van der Waals surface area (Å²) >= 11 is 5.88. The fourth-order valence-corrected chi connectivity index (χ4v) is 5.74. The number of thiocarbonyl (C=S) groups is 1. The van der Waals surface area contributed by atoms with Crippen molar-refractivity contribution in [1.82, 2.24) is 15.2 Å². The molecule has 6 heteroatoms. The lowest BCUT2D eigenvalue weighted by Gasteiger charge is -2.41. The van der Waals surface area contributed by atoms with E-state index in [9.17, 15) is 0 Å². The SMILES string of the molecule is CC1=CC(C)(C)N(C)c2ccc([C@H]3[C@H](c4ccccn4)NC(=S)N3CCCNc3ccccc3)cc21. The number of nitrogens with zero attached hydrogens (tertiary/aromatic N) is 3. The number of rotatable bonds is 7. The third-order valence-electron chi connectivity index (χ3n) is 7.46. The van der Waals surface area contributed by atoms with E-state index in [0.29, 0.717) is 0 Å². The second-order valence-corrected chi connectivity index (χ2v) is 10.7. The largest absolute Gasteiger partial charge is 0.385 e. The highest BCUT2D eigenvalue weighted by Gasteiger charge is 2.40. The summed E-state index contributed by atoms with van der Waals surface area (Å²) in [6.07, 6.45) is 5.20. The normalized spacial score (nSPS) is 20.6. The average molecular weight is 498 g/mol. The molecule has 3 heterocycles. The molecule has 0 unspecified atom stereocenters. The van der Waals surface area contributed by atoms with Gasteiger partial charge in [-0.3, -0.25) is 4.98 Å². The molecule has 2 N–H and O–H groups in total. The van der Waals surface area contributed by atoms with E-state index >= 15 is 0 Å². The zero-order valence-electron chi connectivity index (χ0n) is 21.5. The van der Waals surface area contributed by atoms with Crippen LogP contribution < -0.4 is 15.5 Å². The Morgan fingerprint density at radius 3 is 2.58 bits per heavy atom. The second-order valence-electron chi connectivity index (χ2n) is 10.3. The van der Waals surface area contributed by atoms with Crippen molar-refractivity contribution in [3.63, 3.8) is 0 Å². The van der Waals surface area contributed by atoms with Crippen LogP contribution in [0.2, 0.25) is 0 Å². The number of fused-ring (bicyclic) bond motifs is 1. The van der Waals surface area contributed by atoms with Gasteiger partial charge in [-0.05, 0) is 86.9 Å². The van der Waals surface area contributed by atoms with Crippen LogP contribution in [0.3, 0.4) is 0 Å². The number of likely N-dealkylation sites (N-methyl/N-ethyl adjacent to an activating group) is 1. The molecule has 5 rings (SSSR count). The van der Waals surface area contributed by atoms with Crippen LogP contribution in [-0.2, 0) is 0 Å². The van der Waals surface area contributed by atoms with Crippen LogP contribution in [-0.4, -0.2) is 40.7 Å². The number of pyridine rings is 1. The van der Waals surface area contributed by atoms with Crippen molar-refractivity contribution < 1.29 is 0 Å². The molecule has 0 aliphatic carbocycles. The molecule has 1 fully saturated rings. The van der Waals surface area contributed by atoms with Crippen molar-refractivity contribution in [2.75, 3.05) is 30.4 Å². The quantitative estimate of drug-likeness (QED) is 0.300. The van der Waals surface area contributed by atoms with Gasteiger partial charge in [-0.1, -0.05) is 36.4 Å². The first-order valence-electron chi connectivity index (χ1n) is 12.7. The molecule has 1 aromatic heterocycles. The summed E-state index contributed by atoms with van der Waals surface area (Å²) in [6, 6.07) is 23.4. The Morgan fingerprint density at radius 1 is 1.06 bits per heavy atom. The molecule has 2 aromatic carbocycles. The van der Waals surface area contributed by atoms with Crippen molar-refractivity contribution in [3.8, 4) is 0 Å². The van der Waals surface area contributed by atoms with Crippen LogP contribution in [0.4, 0.5) is 11.4 Å². The third kappa shape index (κ3) is 4.70. The molecule has 0 spiro atoms. The summed E-state index contributed by atoms with van der Waals surface area (Å²) in [4.78, 5) is 9.40. The van der Waals surface area contributed by atoms with Gasteiger partial charge >= 0.3 is 0 Å². The molecule has 5 nitrogen and oxygen atoms in total. The lowest BCUT2D eigenvalue weighted by Crippen LogP contribution is -2.42. The molecule has 3 aromatic rings. The monoisotopic (exact) mass is 497 g/mol. The van der Waals surface area contributed by atoms with E-state index in [1.165, 1.54) is 22.4 Å². The Balaban J connectivity index is 1.44. The summed E-state index contributed by atoms with van der Waals surface area (Å²) in [6.45, 7) is 8.48. The second kappa shape index (κ2) is 9.94. The van der Waals surface area contributed by atoms with Gasteiger partial charge in [-0.2, -0.15) is 0 Å². The number of hydrogen-bond acceptors (Lipinski definition) is 4. The first kappa shape index (κ1) is 24.3. The number of allylic oxidation sites excluding steroid dienone is 1. The zero-order chi connectivity index (χ0) is 25.3. The van der Waals surface area contributed by atoms with Gasteiger partial charge in [0.1, 0.15) is 0 Å². The minimum absolute atomic E-state index is 0.000814. The number of aromatic nitrogens is 1. The van der Waals surface area contributed by atoms with Crippen LogP contribution in [0, 0.1) is 0 Å². The van der Waals surface area contributed by atoms with Gasteiger partial charge in [0, 0.05) is 43.3 Å². The van der Waals surface area contributed by atoms with Gasteiger partial charge in [0.25, 0.3) is 0 Å². The number of anilines is 2. The summed E-state index contributed by atoms with van der Waals surface area (Å²) < 4.78 is 0. The van der Waals surface area contributed by atoms with Gasteiger partial charge in [-0.25, -0.2) is 0 Å². The first-order valence-corrected chi connectivity index (χ1v) is 13.1. The lowest BCUT2D eigenvalue weighted by molar-refractivity contribution is 0.316. The molecule has 36 heavy (non-hydrogen) atoms. The molecule has 0 bridgehead atoms. The topological polar surface area (TPSA) is 43.4 Å². The molecule has 2 atom stereocenters. The summed E-state index contributed by atoms with van der Waals surface area (Å²) in [5.74, 6) is 0. The van der Waals surface area contributed by atoms with Crippen LogP contribution in [0.25, 0.3) is 5.57 Å². The number of nitrogens with one attached hydrogen (secondary N) is 2. The fourth-order valence-electron chi connectivity index (χ4n) is 5.41. The Bertz CT molecular complexity index is 1250. The third-order valence-corrected chi connectivity index (χ3v) is 7.81. The van der Waals surface area contributed by atoms with E-state index < -0.39 is 0 Å². The summed E-state index contributed by atoms with van der Waals surface area (Å²) in [7, 11) is 2.18. The summed E-state index contributed by atoms with van der Waals surface area (Å²) in [5, 5.41) is 7.90. The molecule has 0 radical (unpaired) electrons. The first-order chi connectivity index (χ1) is 17.3. The predicted octanol–water partition coefficient (Wildman–Crippen LogP) is 6.19. The maximum Gasteiger partial charge on any atom is 0.170 e. The van der Waals surface area contributed by atoms with E-state index in [1.807, 2.05) is 24.4 Å². The van der Waals surface area contributed by atoms with Crippen molar-refractivity contribution in [2.45, 2.75) is 44.8 Å². The van der Waals surface area contributed by atoms with Gasteiger partial charge in [0.05, 0.1) is 23.3 Å². The van der Waals surface area contributed by atoms with E-state index in [2.05, 4.69) is 103 Å². The Hall–Kier alpha value is -3.38. The van der Waals surface area contributed by atoms with E-state index in [-0.39, 0.29) is 17.6 Å². The predicted molar refractivity (Wildman–Crippen MR) is 154 cm³/mol. The van der Waals surface area contributed by atoms with Crippen LogP contribution >= 0.6 is 12.2 Å². The molecular weight excluding hydrogens is 462 g/mol. The standard InChI is InChI=1S/C30H35N5S/c1-21-20-30(2,3)34(4)26-15-14-22(19-24(21)26)28-27(25-13-8-9-16-32-25)33-29(36)35(28)18-10-17-31-23-11-6-5-7-12-23/h5-9,11-16,19-20,27-28,31H,10,17-18H2,1-4H3,(H,33,36)/t27-,28-/m0/s1. The highest BCUT2D eigenvalue weighted by atomic mass is 32.1. The van der Waals surface area contributed by atoms with Gasteiger partial charge in [0.2, 0.25) is 0 Å². The molecule has 0 saturated carbocycles. The molecule has 2 aliphatic heterocycles. The van der Waals surface area contributed by atoms with Crippen LogP contribution in [0.5, 0.6) is 0 Å². The van der Waals surface area contributed by atoms with Gasteiger partial charge in [0.15, 0.2) is 5.11 Å². The van der Waals surface area contributed by atoms with Gasteiger partial charge < -0.3 is 20.4 Å². The number of hydrogen-bond donors (Lipinski definition) is 2. The minimum Gasteiger partial charge on any atom is -0.385 e. The summed E-state index contributed by atoms with van der Waals surface area (Å²) in [5.41, 5.74) is 7.28. The number of benzene rings is 2. The lowest BCUT2D eigenvalue weighted by atomic mass is 9.86. The number of para-hydroxylation sites is 1. The molecular formula is C30H35N5S. The smallest absolute Gasteiger partial charge is 0.170 e. The molecule has 1 saturated heterocycles. The van der Waals surface area contributed by atoms with E-state index in [4.69, 9.17) is 17.2 Å². The molecule has 186 valence electrons. The zero-order valence-corrected chi connectivity index (χ0v) is 22.3. The maximum atomic E-state index is 5.88. The van der Waals surface area contributed by atoms with Crippen molar-refractivity contribution in [1.29, 1.82) is 0 Å². The van der Waals surface area contributed by atoms with Crippen molar-refractivity contribution >= 4 is 34.3 Å². The van der Waals surface area contributed by atoms with Crippen molar-refractivity contribution in [3.05, 3.63) is 95.8 Å². The molecule has 2 aliphatic rings. The minimum atomic E-state index is -0.0106. The van der Waals surface area contributed by atoms with Gasteiger partial charge in [-0.15, -0.1) is 0 Å². The van der Waals surface area contributed by atoms with Crippen molar-refractivity contribution in [2.24, 2.45) is 0 Å². The van der Waals surface area contributed by atoms with E-state index in [1.54, 1.807) is 0 Å². The maximum absolute atomic E-state index is 5.88. The Kier molecular flexibility index (Phi) is 6.71. The van der Waals surface area contributed by atoms with Crippen LogP contribution in [0.1, 0.15) is 56.1 Å². The Labute approximate surface area is 220 Å². The van der Waals surface area contributed by atoms with Crippen LogP contribution in [0.15, 0.2) is 79.0 Å². The average Bonchev–Trinajstić information content (AvgIpc) is 3.22. The Morgan fingerprint density at radius 2 is 1.83 bits per heavy atom. The highest BCUT2D eigenvalue weighted by molar-refractivity contribution is 7.80. The highest BCUT2D eigenvalue weighted by Crippen LogP contribution is 2.43.